The Morgan fingerprint density at radius 1 is 1.05 bits per heavy atom. The maximum atomic E-state index is 11.9. The second-order valence-electron chi connectivity index (χ2n) is 7.01. The summed E-state index contributed by atoms with van der Waals surface area (Å²) < 4.78 is 0. The molecule has 120 valence electrons. The molecule has 0 bridgehead atoms. The van der Waals surface area contributed by atoms with Crippen LogP contribution < -0.4 is 10.6 Å². The minimum absolute atomic E-state index is 0.147. The second kappa shape index (κ2) is 6.91. The fourth-order valence-electron chi connectivity index (χ4n) is 2.58. The van der Waals surface area contributed by atoms with E-state index in [1.807, 2.05) is 20.8 Å². The Morgan fingerprint density at radius 3 is 2.10 bits per heavy atom. The van der Waals surface area contributed by atoms with Crippen molar-refractivity contribution in [1.29, 1.82) is 0 Å². The Balaban J connectivity index is 2.48. The van der Waals surface area contributed by atoms with E-state index >= 15 is 0 Å². The molecule has 1 aliphatic carbocycles. The van der Waals surface area contributed by atoms with Crippen LogP contribution in [-0.4, -0.2) is 35.0 Å². The molecule has 6 nitrogen and oxygen atoms in total. The van der Waals surface area contributed by atoms with Crippen LogP contribution in [0.4, 0.5) is 0 Å². The van der Waals surface area contributed by atoms with E-state index in [1.165, 1.54) is 0 Å². The number of rotatable bonds is 5. The highest BCUT2D eigenvalue weighted by atomic mass is 16.4. The number of amides is 2. The average molecular weight is 298 g/mol. The molecule has 1 aliphatic rings. The summed E-state index contributed by atoms with van der Waals surface area (Å²) in [7, 11) is 0. The number of carbonyl (C=O) groups excluding carboxylic acids is 2. The van der Waals surface area contributed by atoms with Crippen molar-refractivity contribution in [2.24, 2.45) is 5.41 Å². The first-order valence-corrected chi connectivity index (χ1v) is 7.46. The maximum absolute atomic E-state index is 11.9. The van der Waals surface area contributed by atoms with Crippen molar-refractivity contribution in [3.8, 4) is 0 Å². The minimum Gasteiger partial charge on any atom is -0.480 e. The molecule has 3 N–H and O–H groups in total. The Kier molecular flexibility index (Phi) is 5.75. The molecule has 0 radical (unpaired) electrons. The number of aliphatic carboxylic acids is 1. The van der Waals surface area contributed by atoms with Gasteiger partial charge in [-0.1, -0.05) is 40.0 Å². The first-order valence-electron chi connectivity index (χ1n) is 7.46. The molecule has 0 aromatic heterocycles. The van der Waals surface area contributed by atoms with Gasteiger partial charge in [0.1, 0.15) is 5.54 Å². The summed E-state index contributed by atoms with van der Waals surface area (Å²) in [5, 5.41) is 14.5. The van der Waals surface area contributed by atoms with E-state index < -0.39 is 17.4 Å². The van der Waals surface area contributed by atoms with Crippen LogP contribution in [0.3, 0.4) is 0 Å². The van der Waals surface area contributed by atoms with Crippen LogP contribution in [0.1, 0.15) is 59.3 Å². The maximum Gasteiger partial charge on any atom is 0.329 e. The highest BCUT2D eigenvalue weighted by molar-refractivity contribution is 5.90. The number of carbonyl (C=O) groups is 3. The molecule has 0 saturated heterocycles. The quantitative estimate of drug-likeness (QED) is 0.715. The predicted molar refractivity (Wildman–Crippen MR) is 78.7 cm³/mol. The Morgan fingerprint density at radius 2 is 1.62 bits per heavy atom. The summed E-state index contributed by atoms with van der Waals surface area (Å²) in [6.45, 7) is 5.64. The number of hydrogen-bond donors (Lipinski definition) is 3. The zero-order chi connectivity index (χ0) is 16.1. The molecule has 0 atom stereocenters. The molecule has 21 heavy (non-hydrogen) atoms. The lowest BCUT2D eigenvalue weighted by Crippen LogP contribution is -2.57. The third-order valence-electron chi connectivity index (χ3n) is 3.63. The van der Waals surface area contributed by atoms with Gasteiger partial charge in [0.05, 0.1) is 6.54 Å². The first-order chi connectivity index (χ1) is 9.65. The van der Waals surface area contributed by atoms with E-state index in [2.05, 4.69) is 10.6 Å². The summed E-state index contributed by atoms with van der Waals surface area (Å²) in [6, 6.07) is 0. The molecule has 2 amide bonds. The van der Waals surface area contributed by atoms with Gasteiger partial charge in [0.15, 0.2) is 0 Å². The van der Waals surface area contributed by atoms with Gasteiger partial charge in [-0.3, -0.25) is 9.59 Å². The van der Waals surface area contributed by atoms with Gasteiger partial charge in [-0.05, 0) is 18.3 Å². The summed E-state index contributed by atoms with van der Waals surface area (Å²) in [5.41, 5.74) is -1.31. The highest BCUT2D eigenvalue weighted by Gasteiger charge is 2.40. The van der Waals surface area contributed by atoms with Crippen LogP contribution in [0.15, 0.2) is 0 Å². The number of carboxylic acids is 1. The molecule has 0 aromatic rings. The standard InChI is InChI=1S/C15H26N2O4/c1-14(2,3)9-11(18)16-10-12(19)17-15(13(20)21)7-5-4-6-8-15/h4-10H2,1-3H3,(H,16,18)(H,17,19)(H,20,21). The number of hydrogen-bond acceptors (Lipinski definition) is 3. The van der Waals surface area contributed by atoms with Crippen molar-refractivity contribution < 1.29 is 19.5 Å². The molecule has 1 saturated carbocycles. The molecule has 0 heterocycles. The number of nitrogens with one attached hydrogen (secondary N) is 2. The molecule has 1 rings (SSSR count). The van der Waals surface area contributed by atoms with Gasteiger partial charge in [-0.25, -0.2) is 4.79 Å². The average Bonchev–Trinajstić information content (AvgIpc) is 2.35. The third-order valence-corrected chi connectivity index (χ3v) is 3.63. The summed E-state index contributed by atoms with van der Waals surface area (Å²) >= 11 is 0. The van der Waals surface area contributed by atoms with Gasteiger partial charge in [-0.15, -0.1) is 0 Å². The van der Waals surface area contributed by atoms with Crippen molar-refractivity contribution in [2.45, 2.75) is 64.8 Å². The second-order valence-corrected chi connectivity index (χ2v) is 7.01. The normalized spacial score (nSPS) is 17.9. The van der Waals surface area contributed by atoms with Gasteiger partial charge < -0.3 is 15.7 Å². The first kappa shape index (κ1) is 17.5. The van der Waals surface area contributed by atoms with Gasteiger partial charge in [0.25, 0.3) is 0 Å². The van der Waals surface area contributed by atoms with E-state index in [1.54, 1.807) is 0 Å². The minimum atomic E-state index is -1.16. The van der Waals surface area contributed by atoms with Crippen LogP contribution >= 0.6 is 0 Å². The van der Waals surface area contributed by atoms with Crippen molar-refractivity contribution in [2.75, 3.05) is 6.54 Å². The topological polar surface area (TPSA) is 95.5 Å². The van der Waals surface area contributed by atoms with Gasteiger partial charge in [-0.2, -0.15) is 0 Å². The van der Waals surface area contributed by atoms with E-state index in [4.69, 9.17) is 0 Å². The lowest BCUT2D eigenvalue weighted by molar-refractivity contribution is -0.149. The molecule has 1 fully saturated rings. The van der Waals surface area contributed by atoms with E-state index in [0.29, 0.717) is 19.3 Å². The highest BCUT2D eigenvalue weighted by Crippen LogP contribution is 2.28. The molecular weight excluding hydrogens is 272 g/mol. The summed E-state index contributed by atoms with van der Waals surface area (Å²) in [6.07, 6.45) is 3.80. The molecular formula is C15H26N2O4. The van der Waals surface area contributed by atoms with E-state index in [0.717, 1.165) is 19.3 Å². The zero-order valence-corrected chi connectivity index (χ0v) is 13.1. The molecule has 0 spiro atoms. The zero-order valence-electron chi connectivity index (χ0n) is 13.1. The third kappa shape index (κ3) is 5.73. The summed E-state index contributed by atoms with van der Waals surface area (Å²) in [5.74, 6) is -1.64. The molecule has 0 aromatic carbocycles. The van der Waals surface area contributed by atoms with E-state index in [-0.39, 0.29) is 17.9 Å². The largest absolute Gasteiger partial charge is 0.480 e. The SMILES string of the molecule is CC(C)(C)CC(=O)NCC(=O)NC1(C(=O)O)CCCCC1. The van der Waals surface area contributed by atoms with Crippen LogP contribution in [0, 0.1) is 5.41 Å². The van der Waals surface area contributed by atoms with Gasteiger partial charge >= 0.3 is 5.97 Å². The van der Waals surface area contributed by atoms with Crippen LogP contribution in [-0.2, 0) is 14.4 Å². The molecule has 0 unspecified atom stereocenters. The fraction of sp³-hybridized carbons (Fsp3) is 0.800. The smallest absolute Gasteiger partial charge is 0.329 e. The van der Waals surface area contributed by atoms with Gasteiger partial charge in [0, 0.05) is 6.42 Å². The summed E-state index contributed by atoms with van der Waals surface area (Å²) in [4.78, 5) is 35.0. The Hall–Kier alpha value is -1.59. The van der Waals surface area contributed by atoms with Crippen LogP contribution in [0.25, 0.3) is 0 Å². The van der Waals surface area contributed by atoms with Crippen LogP contribution in [0.5, 0.6) is 0 Å². The number of carboxylic acid groups (broad SMARTS) is 1. The van der Waals surface area contributed by atoms with Crippen molar-refractivity contribution in [3.63, 3.8) is 0 Å². The van der Waals surface area contributed by atoms with Crippen molar-refractivity contribution >= 4 is 17.8 Å². The molecule has 0 aliphatic heterocycles. The fourth-order valence-corrected chi connectivity index (χ4v) is 2.58. The van der Waals surface area contributed by atoms with Gasteiger partial charge in [0.2, 0.25) is 11.8 Å². The van der Waals surface area contributed by atoms with Crippen molar-refractivity contribution in [3.05, 3.63) is 0 Å². The lowest BCUT2D eigenvalue weighted by Gasteiger charge is -2.34. The van der Waals surface area contributed by atoms with Crippen molar-refractivity contribution in [1.82, 2.24) is 10.6 Å². The Bertz CT molecular complexity index is 406. The molecule has 6 heteroatoms. The van der Waals surface area contributed by atoms with E-state index in [9.17, 15) is 19.5 Å². The predicted octanol–water partition coefficient (Wildman–Crippen LogP) is 1.44. The van der Waals surface area contributed by atoms with Crippen LogP contribution in [0.2, 0.25) is 0 Å². The monoisotopic (exact) mass is 298 g/mol. The Labute approximate surface area is 125 Å². The lowest BCUT2D eigenvalue weighted by atomic mass is 9.81.